The van der Waals surface area contributed by atoms with Gasteiger partial charge in [-0.15, -0.1) is 0 Å². The van der Waals surface area contributed by atoms with E-state index in [9.17, 15) is 4.79 Å². The number of rotatable bonds is 4. The van der Waals surface area contributed by atoms with Crippen LogP contribution >= 0.6 is 0 Å². The third kappa shape index (κ3) is 3.53. The summed E-state index contributed by atoms with van der Waals surface area (Å²) >= 11 is 0. The number of hydrogen-bond donors (Lipinski definition) is 1. The second-order valence-corrected chi connectivity index (χ2v) is 7.44. The highest BCUT2D eigenvalue weighted by Crippen LogP contribution is 2.28. The molecule has 0 aliphatic heterocycles. The lowest BCUT2D eigenvalue weighted by Crippen LogP contribution is -2.13. The molecule has 1 N–H and O–H groups in total. The van der Waals surface area contributed by atoms with Gasteiger partial charge in [0.15, 0.2) is 5.65 Å². The van der Waals surface area contributed by atoms with E-state index in [0.717, 1.165) is 16.8 Å². The van der Waals surface area contributed by atoms with Crippen molar-refractivity contribution in [3.8, 4) is 17.3 Å². The molecule has 2 heterocycles. The zero-order valence-corrected chi connectivity index (χ0v) is 17.0. The molecule has 4 aromatic rings. The standard InChI is InChI=1S/C24H21N5O/c1-15(2)29-23-21(14-26-29)20(12-22(28-23)19-10-5-4-7-16(19)3)24(30)27-18-9-6-8-17(11-18)13-25/h4-12,14-15H,1-3H3,(H,27,30). The number of nitrogens with one attached hydrogen (secondary N) is 1. The van der Waals surface area contributed by atoms with E-state index in [1.54, 1.807) is 36.5 Å². The predicted molar refractivity (Wildman–Crippen MR) is 117 cm³/mol. The summed E-state index contributed by atoms with van der Waals surface area (Å²) in [5, 5.41) is 17.2. The fraction of sp³-hybridized carbons (Fsp3) is 0.167. The molecular formula is C24H21N5O. The molecule has 148 valence electrons. The maximum Gasteiger partial charge on any atom is 0.256 e. The molecule has 1 amide bonds. The van der Waals surface area contributed by atoms with Crippen LogP contribution in [0.3, 0.4) is 0 Å². The summed E-state index contributed by atoms with van der Waals surface area (Å²) < 4.78 is 1.82. The van der Waals surface area contributed by atoms with E-state index in [4.69, 9.17) is 10.2 Å². The van der Waals surface area contributed by atoms with Crippen molar-refractivity contribution in [2.45, 2.75) is 26.8 Å². The predicted octanol–water partition coefficient (Wildman–Crippen LogP) is 5.11. The van der Waals surface area contributed by atoms with Crippen LogP contribution in [-0.2, 0) is 0 Å². The first kappa shape index (κ1) is 19.3. The van der Waals surface area contributed by atoms with Gasteiger partial charge in [-0.1, -0.05) is 30.3 Å². The summed E-state index contributed by atoms with van der Waals surface area (Å²) in [4.78, 5) is 18.1. The highest BCUT2D eigenvalue weighted by molar-refractivity contribution is 6.12. The van der Waals surface area contributed by atoms with Gasteiger partial charge in [0.25, 0.3) is 5.91 Å². The number of benzene rings is 2. The van der Waals surface area contributed by atoms with Gasteiger partial charge < -0.3 is 5.32 Å². The molecule has 2 aromatic carbocycles. The molecular weight excluding hydrogens is 374 g/mol. The molecule has 0 saturated heterocycles. The number of fused-ring (bicyclic) bond motifs is 1. The number of nitriles is 1. The summed E-state index contributed by atoms with van der Waals surface area (Å²) in [6.45, 7) is 6.08. The maximum atomic E-state index is 13.2. The number of anilines is 1. The van der Waals surface area contributed by atoms with Gasteiger partial charge in [0.05, 0.1) is 34.5 Å². The first-order valence-corrected chi connectivity index (χ1v) is 9.73. The van der Waals surface area contributed by atoms with Crippen molar-refractivity contribution >= 4 is 22.6 Å². The normalized spacial score (nSPS) is 10.9. The zero-order valence-electron chi connectivity index (χ0n) is 17.0. The van der Waals surface area contributed by atoms with Crippen molar-refractivity contribution in [2.75, 3.05) is 5.32 Å². The van der Waals surface area contributed by atoms with Crippen molar-refractivity contribution in [1.82, 2.24) is 14.8 Å². The fourth-order valence-corrected chi connectivity index (χ4v) is 3.45. The molecule has 0 aliphatic carbocycles. The Labute approximate surface area is 174 Å². The van der Waals surface area contributed by atoms with Crippen LogP contribution in [0.5, 0.6) is 0 Å². The molecule has 0 saturated carbocycles. The topological polar surface area (TPSA) is 83.6 Å². The Morgan fingerprint density at radius 3 is 2.67 bits per heavy atom. The first-order valence-electron chi connectivity index (χ1n) is 9.73. The highest BCUT2D eigenvalue weighted by Gasteiger charge is 2.19. The Morgan fingerprint density at radius 1 is 1.13 bits per heavy atom. The number of carbonyl (C=O) groups is 1. The molecule has 2 aromatic heterocycles. The second-order valence-electron chi connectivity index (χ2n) is 7.44. The lowest BCUT2D eigenvalue weighted by molar-refractivity contribution is 0.102. The van der Waals surface area contributed by atoms with Gasteiger partial charge in [0.2, 0.25) is 0 Å². The molecule has 30 heavy (non-hydrogen) atoms. The number of aryl methyl sites for hydroxylation is 1. The lowest BCUT2D eigenvalue weighted by Gasteiger charge is -2.12. The van der Waals surface area contributed by atoms with Gasteiger partial charge in [-0.2, -0.15) is 10.4 Å². The van der Waals surface area contributed by atoms with Crippen LogP contribution in [-0.4, -0.2) is 20.7 Å². The van der Waals surface area contributed by atoms with Crippen LogP contribution in [0.2, 0.25) is 0 Å². The summed E-state index contributed by atoms with van der Waals surface area (Å²) in [6.07, 6.45) is 1.69. The van der Waals surface area contributed by atoms with Crippen LogP contribution in [0.4, 0.5) is 5.69 Å². The minimum Gasteiger partial charge on any atom is -0.322 e. The molecule has 0 spiro atoms. The van der Waals surface area contributed by atoms with Crippen LogP contribution in [0.25, 0.3) is 22.3 Å². The third-order valence-electron chi connectivity index (χ3n) is 4.97. The molecule has 0 aliphatic rings. The van der Waals surface area contributed by atoms with E-state index >= 15 is 0 Å². The van der Waals surface area contributed by atoms with Crippen LogP contribution in [0, 0.1) is 18.3 Å². The van der Waals surface area contributed by atoms with Gasteiger partial charge in [0.1, 0.15) is 0 Å². The smallest absolute Gasteiger partial charge is 0.256 e. The molecule has 0 unspecified atom stereocenters. The van der Waals surface area contributed by atoms with Crippen LogP contribution < -0.4 is 5.32 Å². The summed E-state index contributed by atoms with van der Waals surface area (Å²) in [6, 6.07) is 18.8. The van der Waals surface area contributed by atoms with Crippen LogP contribution in [0.15, 0.2) is 60.8 Å². The largest absolute Gasteiger partial charge is 0.322 e. The number of carbonyl (C=O) groups excluding carboxylic acids is 1. The monoisotopic (exact) mass is 395 g/mol. The molecule has 0 fully saturated rings. The van der Waals surface area contributed by atoms with Gasteiger partial charge in [0, 0.05) is 17.3 Å². The molecule has 0 bridgehead atoms. The Kier molecular flexibility index (Phi) is 5.03. The van der Waals surface area contributed by atoms with Crippen molar-refractivity contribution < 1.29 is 4.79 Å². The van der Waals surface area contributed by atoms with E-state index in [1.807, 2.05) is 49.7 Å². The Morgan fingerprint density at radius 2 is 1.93 bits per heavy atom. The zero-order chi connectivity index (χ0) is 21.3. The number of hydrogen-bond acceptors (Lipinski definition) is 4. The molecule has 0 radical (unpaired) electrons. The SMILES string of the molecule is Cc1ccccc1-c1cc(C(=O)Nc2cccc(C#N)c2)c2cnn(C(C)C)c2n1. The number of pyridine rings is 1. The van der Waals surface area contributed by atoms with E-state index < -0.39 is 0 Å². The fourth-order valence-electron chi connectivity index (χ4n) is 3.45. The molecule has 0 atom stereocenters. The van der Waals surface area contributed by atoms with E-state index in [1.165, 1.54) is 0 Å². The average Bonchev–Trinajstić information content (AvgIpc) is 3.18. The van der Waals surface area contributed by atoms with Gasteiger partial charge in [-0.3, -0.25) is 4.79 Å². The number of aromatic nitrogens is 3. The highest BCUT2D eigenvalue weighted by atomic mass is 16.1. The molecule has 6 nitrogen and oxygen atoms in total. The van der Waals surface area contributed by atoms with Crippen LogP contribution in [0.1, 0.15) is 41.4 Å². The Hall–Kier alpha value is -3.98. The summed E-state index contributed by atoms with van der Waals surface area (Å²) in [5.74, 6) is -0.268. The van der Waals surface area contributed by atoms with E-state index in [2.05, 4.69) is 16.5 Å². The average molecular weight is 395 g/mol. The van der Waals surface area contributed by atoms with E-state index in [-0.39, 0.29) is 11.9 Å². The van der Waals surface area contributed by atoms with Gasteiger partial charge in [-0.05, 0) is 50.6 Å². The second kappa shape index (κ2) is 7.80. The number of nitrogens with zero attached hydrogens (tertiary/aromatic N) is 4. The minimum absolute atomic E-state index is 0.102. The van der Waals surface area contributed by atoms with Crippen molar-refractivity contribution in [3.05, 3.63) is 77.5 Å². The summed E-state index contributed by atoms with van der Waals surface area (Å²) in [7, 11) is 0. The third-order valence-corrected chi connectivity index (χ3v) is 4.97. The van der Waals surface area contributed by atoms with Crippen molar-refractivity contribution in [2.24, 2.45) is 0 Å². The van der Waals surface area contributed by atoms with E-state index in [0.29, 0.717) is 27.8 Å². The maximum absolute atomic E-state index is 13.2. The minimum atomic E-state index is -0.268. The van der Waals surface area contributed by atoms with Gasteiger partial charge in [-0.25, -0.2) is 9.67 Å². The lowest BCUT2D eigenvalue weighted by atomic mass is 10.0. The van der Waals surface area contributed by atoms with Crippen molar-refractivity contribution in [1.29, 1.82) is 5.26 Å². The quantitative estimate of drug-likeness (QED) is 0.520. The van der Waals surface area contributed by atoms with Gasteiger partial charge >= 0.3 is 0 Å². The number of amides is 1. The molecule has 6 heteroatoms. The van der Waals surface area contributed by atoms with Crippen molar-refractivity contribution in [3.63, 3.8) is 0 Å². The molecule has 4 rings (SSSR count). The Bertz CT molecular complexity index is 1300. The summed E-state index contributed by atoms with van der Waals surface area (Å²) in [5.41, 5.74) is 4.98. The first-order chi connectivity index (χ1) is 14.5. The Balaban J connectivity index is 1.86.